The van der Waals surface area contributed by atoms with E-state index >= 15 is 0 Å². The Bertz CT molecular complexity index is 701. The molecule has 0 unspecified atom stereocenters. The van der Waals surface area contributed by atoms with Crippen molar-refractivity contribution in [2.24, 2.45) is 0 Å². The molecular formula is C13H15ClN2O3S2. The van der Waals surface area contributed by atoms with Crippen molar-refractivity contribution in [3.8, 4) is 0 Å². The summed E-state index contributed by atoms with van der Waals surface area (Å²) in [5.74, 6) is 0. The van der Waals surface area contributed by atoms with Crippen LogP contribution in [0.5, 0.6) is 0 Å². The van der Waals surface area contributed by atoms with E-state index in [0.717, 1.165) is 10.7 Å². The van der Waals surface area contributed by atoms with E-state index in [1.54, 1.807) is 19.2 Å². The topological polar surface area (TPSA) is 68.3 Å². The molecule has 21 heavy (non-hydrogen) atoms. The predicted molar refractivity (Wildman–Crippen MR) is 83.2 cm³/mol. The normalized spacial score (nSPS) is 11.7. The van der Waals surface area contributed by atoms with Gasteiger partial charge in [-0.3, -0.25) is 0 Å². The lowest BCUT2D eigenvalue weighted by Crippen LogP contribution is -2.26. The van der Waals surface area contributed by atoms with E-state index in [1.165, 1.54) is 23.5 Å². The molecule has 5 nitrogen and oxygen atoms in total. The second-order valence-corrected chi connectivity index (χ2v) is 7.42. The minimum absolute atomic E-state index is 0.161. The number of halogens is 1. The lowest BCUT2D eigenvalue weighted by molar-refractivity contribution is 0.184. The number of ether oxygens (including phenoxy) is 1. The van der Waals surface area contributed by atoms with E-state index < -0.39 is 10.0 Å². The number of sulfonamides is 1. The zero-order chi connectivity index (χ0) is 15.3. The van der Waals surface area contributed by atoms with Gasteiger partial charge in [-0.15, -0.1) is 11.3 Å². The highest BCUT2D eigenvalue weighted by Crippen LogP contribution is 2.15. The number of rotatable bonds is 7. The molecule has 0 saturated heterocycles. The van der Waals surface area contributed by atoms with Gasteiger partial charge in [0.05, 0.1) is 17.2 Å². The van der Waals surface area contributed by atoms with Gasteiger partial charge in [0.15, 0.2) is 0 Å². The molecule has 0 fully saturated rings. The summed E-state index contributed by atoms with van der Waals surface area (Å²) in [6, 6.07) is 6.17. The van der Waals surface area contributed by atoms with Crippen LogP contribution in [0, 0.1) is 0 Å². The standard InChI is InChI=1S/C13H15ClN2O3S2/c1-19-8-13-16-11(9-20-13)5-6-15-21(17,18)12-4-2-3-10(14)7-12/h2-4,7,9,15H,5-6,8H2,1H3. The quantitative estimate of drug-likeness (QED) is 0.836. The minimum Gasteiger partial charge on any atom is -0.378 e. The maximum atomic E-state index is 12.1. The number of benzene rings is 1. The number of nitrogens with one attached hydrogen (secondary N) is 1. The summed E-state index contributed by atoms with van der Waals surface area (Å²) in [5, 5.41) is 3.17. The molecule has 0 saturated carbocycles. The maximum Gasteiger partial charge on any atom is 0.240 e. The van der Waals surface area contributed by atoms with Crippen LogP contribution in [0.15, 0.2) is 34.5 Å². The Morgan fingerprint density at radius 1 is 1.43 bits per heavy atom. The molecule has 0 spiro atoms. The Morgan fingerprint density at radius 3 is 2.95 bits per heavy atom. The van der Waals surface area contributed by atoms with Crippen LogP contribution in [-0.4, -0.2) is 27.1 Å². The summed E-state index contributed by atoms with van der Waals surface area (Å²) in [7, 11) is -1.93. The van der Waals surface area contributed by atoms with Gasteiger partial charge in [-0.05, 0) is 18.2 Å². The first kappa shape index (κ1) is 16.4. The number of hydrogen-bond donors (Lipinski definition) is 1. The van der Waals surface area contributed by atoms with Crippen molar-refractivity contribution in [2.45, 2.75) is 17.9 Å². The van der Waals surface area contributed by atoms with Gasteiger partial charge >= 0.3 is 0 Å². The number of methoxy groups -OCH3 is 1. The maximum absolute atomic E-state index is 12.1. The van der Waals surface area contributed by atoms with Crippen molar-refractivity contribution < 1.29 is 13.2 Å². The first-order valence-corrected chi connectivity index (χ1v) is 8.93. The SMILES string of the molecule is COCc1nc(CCNS(=O)(=O)c2cccc(Cl)c2)cs1. The third kappa shape index (κ3) is 4.76. The molecule has 0 amide bonds. The van der Waals surface area contributed by atoms with Crippen LogP contribution in [0.25, 0.3) is 0 Å². The fourth-order valence-corrected chi connectivity index (χ4v) is 3.82. The summed E-state index contributed by atoms with van der Waals surface area (Å²) < 4.78 is 31.7. The fraction of sp³-hybridized carbons (Fsp3) is 0.308. The Labute approximate surface area is 133 Å². The van der Waals surface area contributed by atoms with Gasteiger partial charge in [0, 0.05) is 30.5 Å². The van der Waals surface area contributed by atoms with Crippen LogP contribution in [0.1, 0.15) is 10.7 Å². The first-order valence-electron chi connectivity index (χ1n) is 6.19. The number of aromatic nitrogens is 1. The van der Waals surface area contributed by atoms with E-state index in [9.17, 15) is 8.42 Å². The largest absolute Gasteiger partial charge is 0.378 e. The van der Waals surface area contributed by atoms with Crippen LogP contribution in [-0.2, 0) is 27.8 Å². The van der Waals surface area contributed by atoms with E-state index in [0.29, 0.717) is 18.1 Å². The zero-order valence-electron chi connectivity index (χ0n) is 11.4. The monoisotopic (exact) mass is 346 g/mol. The molecule has 0 radical (unpaired) electrons. The molecule has 1 aromatic heterocycles. The highest BCUT2D eigenvalue weighted by atomic mass is 35.5. The first-order chi connectivity index (χ1) is 10.0. The average molecular weight is 347 g/mol. The van der Waals surface area contributed by atoms with Gasteiger partial charge in [0.1, 0.15) is 5.01 Å². The molecule has 1 aromatic carbocycles. The molecular weight excluding hydrogens is 332 g/mol. The molecule has 0 atom stereocenters. The predicted octanol–water partition coefficient (Wildman–Crippen LogP) is 2.46. The van der Waals surface area contributed by atoms with Gasteiger partial charge in [-0.2, -0.15) is 0 Å². The fourth-order valence-electron chi connectivity index (χ4n) is 1.68. The van der Waals surface area contributed by atoms with E-state index in [4.69, 9.17) is 16.3 Å². The van der Waals surface area contributed by atoms with Crippen molar-refractivity contribution in [3.05, 3.63) is 45.4 Å². The summed E-state index contributed by atoms with van der Waals surface area (Å²) >= 11 is 7.30. The lowest BCUT2D eigenvalue weighted by Gasteiger charge is -2.06. The number of nitrogens with zero attached hydrogens (tertiary/aromatic N) is 1. The number of hydrogen-bond acceptors (Lipinski definition) is 5. The van der Waals surface area contributed by atoms with Gasteiger partial charge < -0.3 is 4.74 Å². The van der Waals surface area contributed by atoms with Crippen LogP contribution < -0.4 is 4.72 Å². The second-order valence-electron chi connectivity index (χ2n) is 4.27. The van der Waals surface area contributed by atoms with E-state index in [2.05, 4.69) is 9.71 Å². The van der Waals surface area contributed by atoms with Crippen molar-refractivity contribution in [2.75, 3.05) is 13.7 Å². The summed E-state index contributed by atoms with van der Waals surface area (Å²) in [5.41, 5.74) is 0.848. The number of thiazole rings is 1. The van der Waals surface area contributed by atoms with Crippen LogP contribution >= 0.6 is 22.9 Å². The molecule has 0 aliphatic heterocycles. The Kier molecular flexibility index (Phi) is 5.72. The van der Waals surface area contributed by atoms with Gasteiger partial charge in [-0.25, -0.2) is 18.1 Å². The molecule has 1 N–H and O–H groups in total. The third-order valence-electron chi connectivity index (χ3n) is 2.65. The van der Waals surface area contributed by atoms with Crippen molar-refractivity contribution in [1.29, 1.82) is 0 Å². The Hall–Kier alpha value is -0.990. The molecule has 1 heterocycles. The van der Waals surface area contributed by atoms with Crippen LogP contribution in [0.3, 0.4) is 0 Å². The van der Waals surface area contributed by atoms with Crippen molar-refractivity contribution in [3.63, 3.8) is 0 Å². The molecule has 8 heteroatoms. The Morgan fingerprint density at radius 2 is 2.24 bits per heavy atom. The van der Waals surface area contributed by atoms with Gasteiger partial charge in [-0.1, -0.05) is 17.7 Å². The highest BCUT2D eigenvalue weighted by Gasteiger charge is 2.13. The molecule has 0 aliphatic rings. The van der Waals surface area contributed by atoms with Gasteiger partial charge in [0.25, 0.3) is 0 Å². The lowest BCUT2D eigenvalue weighted by atomic mass is 10.3. The Balaban J connectivity index is 1.92. The van der Waals surface area contributed by atoms with Crippen molar-refractivity contribution in [1.82, 2.24) is 9.71 Å². The summed E-state index contributed by atoms with van der Waals surface area (Å²) in [6.45, 7) is 0.754. The molecule has 0 aliphatic carbocycles. The zero-order valence-corrected chi connectivity index (χ0v) is 13.8. The molecule has 0 bridgehead atoms. The minimum atomic E-state index is -3.54. The van der Waals surface area contributed by atoms with Crippen LogP contribution in [0.2, 0.25) is 5.02 Å². The highest BCUT2D eigenvalue weighted by molar-refractivity contribution is 7.89. The third-order valence-corrected chi connectivity index (χ3v) is 5.21. The second kappa shape index (κ2) is 7.33. The summed E-state index contributed by atoms with van der Waals surface area (Å²) in [6.07, 6.45) is 0.528. The van der Waals surface area contributed by atoms with Crippen molar-refractivity contribution >= 4 is 33.0 Å². The van der Waals surface area contributed by atoms with E-state index in [1.807, 2.05) is 5.38 Å². The molecule has 114 valence electrons. The van der Waals surface area contributed by atoms with Gasteiger partial charge in [0.2, 0.25) is 10.0 Å². The van der Waals surface area contributed by atoms with E-state index in [-0.39, 0.29) is 11.4 Å². The van der Waals surface area contributed by atoms with Crippen LogP contribution in [0.4, 0.5) is 0 Å². The molecule has 2 aromatic rings. The average Bonchev–Trinajstić information content (AvgIpc) is 2.87. The summed E-state index contributed by atoms with van der Waals surface area (Å²) in [4.78, 5) is 4.50. The smallest absolute Gasteiger partial charge is 0.240 e. The molecule has 2 rings (SSSR count).